The van der Waals surface area contributed by atoms with E-state index in [-0.39, 0.29) is 22.4 Å². The zero-order valence-corrected chi connectivity index (χ0v) is 11.9. The van der Waals surface area contributed by atoms with Crippen LogP contribution in [0.25, 0.3) is 0 Å². The Bertz CT molecular complexity index is 575. The van der Waals surface area contributed by atoms with Gasteiger partial charge in [-0.2, -0.15) is 4.98 Å². The van der Waals surface area contributed by atoms with Gasteiger partial charge in [0.1, 0.15) is 0 Å². The summed E-state index contributed by atoms with van der Waals surface area (Å²) >= 11 is 1.15. The van der Waals surface area contributed by atoms with Crippen molar-refractivity contribution in [2.45, 2.75) is 36.7 Å². The van der Waals surface area contributed by atoms with E-state index in [1.807, 2.05) is 13.8 Å². The molecule has 19 heavy (non-hydrogen) atoms. The van der Waals surface area contributed by atoms with Crippen molar-refractivity contribution in [2.75, 3.05) is 6.54 Å². The molecule has 0 aliphatic carbocycles. The summed E-state index contributed by atoms with van der Waals surface area (Å²) < 4.78 is 0.890. The van der Waals surface area contributed by atoms with Gasteiger partial charge in [0, 0.05) is 19.6 Å². The van der Waals surface area contributed by atoms with Crippen molar-refractivity contribution in [1.29, 1.82) is 0 Å². The number of hydrogen-bond donors (Lipinski definition) is 1. The molecule has 1 unspecified atom stereocenters. The molecule has 1 N–H and O–H groups in total. The molecule has 1 aliphatic rings. The number of aromatic amines is 1. The molecule has 1 amide bonds. The van der Waals surface area contributed by atoms with E-state index in [1.165, 1.54) is 7.05 Å². The van der Waals surface area contributed by atoms with Crippen LogP contribution in [0.1, 0.15) is 20.3 Å². The van der Waals surface area contributed by atoms with Crippen molar-refractivity contribution >= 4 is 17.7 Å². The maximum absolute atomic E-state index is 12.1. The summed E-state index contributed by atoms with van der Waals surface area (Å²) in [4.78, 5) is 43.0. The van der Waals surface area contributed by atoms with Gasteiger partial charge in [0.25, 0.3) is 0 Å². The fraction of sp³-hybridized carbons (Fsp3) is 0.636. The number of amides is 1. The average molecular weight is 284 g/mol. The monoisotopic (exact) mass is 284 g/mol. The maximum Gasteiger partial charge on any atom is 0.353 e. The van der Waals surface area contributed by atoms with E-state index in [2.05, 4.69) is 9.97 Å². The fourth-order valence-corrected chi connectivity index (χ4v) is 2.95. The lowest BCUT2D eigenvalue weighted by molar-refractivity contribution is -0.128. The van der Waals surface area contributed by atoms with Gasteiger partial charge in [-0.3, -0.25) is 9.78 Å². The number of hydrogen-bond acceptors (Lipinski definition) is 5. The third-order valence-corrected chi connectivity index (χ3v) is 4.21. The zero-order chi connectivity index (χ0) is 14.2. The predicted molar refractivity (Wildman–Crippen MR) is 71.2 cm³/mol. The lowest BCUT2D eigenvalue weighted by Gasteiger charge is -2.20. The minimum Gasteiger partial charge on any atom is -0.339 e. The number of nitrogens with one attached hydrogen (secondary N) is 1. The summed E-state index contributed by atoms with van der Waals surface area (Å²) in [5.41, 5.74) is -1.13. The molecule has 8 heteroatoms. The molecular weight excluding hydrogens is 268 g/mol. The van der Waals surface area contributed by atoms with Crippen LogP contribution in [0.4, 0.5) is 0 Å². The molecule has 0 spiro atoms. The van der Waals surface area contributed by atoms with Gasteiger partial charge in [-0.25, -0.2) is 14.2 Å². The Labute approximate surface area is 114 Å². The van der Waals surface area contributed by atoms with Crippen LogP contribution >= 0.6 is 11.8 Å². The highest BCUT2D eigenvalue weighted by Crippen LogP contribution is 2.28. The SMILES string of the molecule is CC(C)N1CCC(Sc2nc(=O)n(C)c(=O)[nH]2)C1=O. The summed E-state index contributed by atoms with van der Waals surface area (Å²) in [6.07, 6.45) is 0.695. The van der Waals surface area contributed by atoms with Crippen LogP contribution < -0.4 is 11.4 Å². The second kappa shape index (κ2) is 5.20. The Hall–Kier alpha value is -1.57. The van der Waals surface area contributed by atoms with Crippen LogP contribution in [0, 0.1) is 0 Å². The summed E-state index contributed by atoms with van der Waals surface area (Å²) in [5.74, 6) is 0.0309. The first-order valence-electron chi connectivity index (χ1n) is 6.04. The first-order chi connectivity index (χ1) is 8.90. The molecule has 1 saturated heterocycles. The normalized spacial score (nSPS) is 19.5. The van der Waals surface area contributed by atoms with E-state index < -0.39 is 11.4 Å². The molecule has 0 saturated carbocycles. The maximum atomic E-state index is 12.1. The van der Waals surface area contributed by atoms with Crippen LogP contribution in [0.5, 0.6) is 0 Å². The quantitative estimate of drug-likeness (QED) is 0.813. The number of carbonyl (C=O) groups excluding carboxylic acids is 1. The van der Waals surface area contributed by atoms with E-state index in [0.717, 1.165) is 16.3 Å². The summed E-state index contributed by atoms with van der Waals surface area (Å²) in [6.45, 7) is 4.62. The first-order valence-corrected chi connectivity index (χ1v) is 6.92. The summed E-state index contributed by atoms with van der Waals surface area (Å²) in [7, 11) is 1.35. The van der Waals surface area contributed by atoms with Gasteiger partial charge in [0.15, 0.2) is 5.16 Å². The van der Waals surface area contributed by atoms with E-state index in [4.69, 9.17) is 0 Å². The smallest absolute Gasteiger partial charge is 0.339 e. The molecule has 1 aliphatic heterocycles. The van der Waals surface area contributed by atoms with E-state index in [9.17, 15) is 14.4 Å². The highest BCUT2D eigenvalue weighted by atomic mass is 32.2. The van der Waals surface area contributed by atoms with Gasteiger partial charge in [-0.15, -0.1) is 0 Å². The van der Waals surface area contributed by atoms with E-state index >= 15 is 0 Å². The first kappa shape index (κ1) is 13.9. The Balaban J connectivity index is 2.17. The molecule has 0 aromatic carbocycles. The standard InChI is InChI=1S/C11H16N4O3S/c1-6(2)15-5-4-7(8(15)16)19-9-12-10(17)14(3)11(18)13-9/h6-7H,4-5H2,1-3H3,(H,12,13,17,18). The van der Waals surface area contributed by atoms with Gasteiger partial charge in [0.2, 0.25) is 5.91 Å². The highest BCUT2D eigenvalue weighted by Gasteiger charge is 2.34. The lowest BCUT2D eigenvalue weighted by Crippen LogP contribution is -2.36. The van der Waals surface area contributed by atoms with Crippen molar-refractivity contribution in [1.82, 2.24) is 19.4 Å². The lowest BCUT2D eigenvalue weighted by atomic mass is 10.3. The molecule has 2 heterocycles. The number of likely N-dealkylation sites (tertiary alicyclic amines) is 1. The number of carbonyl (C=O) groups is 1. The topological polar surface area (TPSA) is 88.1 Å². The summed E-state index contributed by atoms with van der Waals surface area (Å²) in [6, 6.07) is 0.161. The average Bonchev–Trinajstić information content (AvgIpc) is 2.68. The van der Waals surface area contributed by atoms with Crippen molar-refractivity contribution in [3.63, 3.8) is 0 Å². The van der Waals surface area contributed by atoms with Crippen molar-refractivity contribution in [3.8, 4) is 0 Å². The number of rotatable bonds is 3. The highest BCUT2D eigenvalue weighted by molar-refractivity contribution is 8.00. The van der Waals surface area contributed by atoms with Crippen LogP contribution in [0.15, 0.2) is 14.7 Å². The van der Waals surface area contributed by atoms with Crippen molar-refractivity contribution < 1.29 is 4.79 Å². The molecule has 1 aromatic rings. The second-order valence-electron chi connectivity index (χ2n) is 4.71. The Morgan fingerprint density at radius 1 is 1.37 bits per heavy atom. The molecule has 7 nitrogen and oxygen atoms in total. The van der Waals surface area contributed by atoms with Crippen molar-refractivity contribution in [3.05, 3.63) is 21.0 Å². The number of aromatic nitrogens is 3. The molecule has 0 radical (unpaired) electrons. The minimum atomic E-state index is -0.614. The molecule has 2 rings (SSSR count). The zero-order valence-electron chi connectivity index (χ0n) is 11.0. The largest absolute Gasteiger partial charge is 0.353 e. The van der Waals surface area contributed by atoms with E-state index in [0.29, 0.717) is 13.0 Å². The number of H-pyrrole nitrogens is 1. The molecule has 1 fully saturated rings. The Kier molecular flexibility index (Phi) is 3.79. The van der Waals surface area contributed by atoms with Gasteiger partial charge in [-0.05, 0) is 20.3 Å². The van der Waals surface area contributed by atoms with Gasteiger partial charge < -0.3 is 4.90 Å². The second-order valence-corrected chi connectivity index (χ2v) is 5.90. The molecule has 0 bridgehead atoms. The third kappa shape index (κ3) is 2.73. The van der Waals surface area contributed by atoms with Crippen LogP contribution in [-0.2, 0) is 11.8 Å². The fourth-order valence-electron chi connectivity index (χ4n) is 1.94. The molecular formula is C11H16N4O3S. The van der Waals surface area contributed by atoms with Gasteiger partial charge in [-0.1, -0.05) is 11.8 Å². The van der Waals surface area contributed by atoms with Gasteiger partial charge >= 0.3 is 11.4 Å². The van der Waals surface area contributed by atoms with Crippen LogP contribution in [0.3, 0.4) is 0 Å². The number of nitrogens with zero attached hydrogens (tertiary/aromatic N) is 3. The third-order valence-electron chi connectivity index (χ3n) is 3.07. The Morgan fingerprint density at radius 2 is 2.05 bits per heavy atom. The van der Waals surface area contributed by atoms with Gasteiger partial charge in [0.05, 0.1) is 5.25 Å². The van der Waals surface area contributed by atoms with Crippen LogP contribution in [0.2, 0.25) is 0 Å². The van der Waals surface area contributed by atoms with E-state index in [1.54, 1.807) is 4.90 Å². The molecule has 1 aromatic heterocycles. The molecule has 104 valence electrons. The summed E-state index contributed by atoms with van der Waals surface area (Å²) in [5, 5.41) is -0.0743. The number of thioether (sulfide) groups is 1. The Morgan fingerprint density at radius 3 is 2.58 bits per heavy atom. The predicted octanol–water partition coefficient (Wildman–Crippen LogP) is -0.430. The van der Waals surface area contributed by atoms with Crippen molar-refractivity contribution in [2.24, 2.45) is 7.05 Å². The van der Waals surface area contributed by atoms with Crippen LogP contribution in [-0.4, -0.2) is 43.2 Å². The molecule has 1 atom stereocenters. The minimum absolute atomic E-state index is 0.0309.